The summed E-state index contributed by atoms with van der Waals surface area (Å²) in [5, 5.41) is 9.69. The van der Waals surface area contributed by atoms with Gasteiger partial charge in [0, 0.05) is 23.7 Å². The number of carbonyl (C=O) groups excluding carboxylic acids is 1. The van der Waals surface area contributed by atoms with Crippen LogP contribution in [0.15, 0.2) is 42.0 Å². The number of nitrogens with zero attached hydrogens (tertiary/aromatic N) is 2. The lowest BCUT2D eigenvalue weighted by Gasteiger charge is -2.42. The first kappa shape index (κ1) is 16.0. The Hall–Kier alpha value is -2.47. The highest BCUT2D eigenvalue weighted by molar-refractivity contribution is 7.17. The number of benzene rings is 1. The van der Waals surface area contributed by atoms with Crippen LogP contribution in [0.1, 0.15) is 35.4 Å². The number of rotatable bonds is 5. The third kappa shape index (κ3) is 2.87. The molecule has 0 aliphatic heterocycles. The second-order valence-electron chi connectivity index (χ2n) is 6.51. The Bertz CT molecular complexity index is 899. The highest BCUT2D eigenvalue weighted by Gasteiger charge is 2.40. The van der Waals surface area contributed by atoms with E-state index in [1.54, 1.807) is 19.4 Å². The van der Waals surface area contributed by atoms with Gasteiger partial charge in [0.05, 0.1) is 18.1 Å². The van der Waals surface area contributed by atoms with E-state index in [4.69, 9.17) is 0 Å². The van der Waals surface area contributed by atoms with E-state index < -0.39 is 0 Å². The molecule has 1 saturated carbocycles. The lowest BCUT2D eigenvalue weighted by atomic mass is 9.64. The average molecular weight is 352 g/mol. The van der Waals surface area contributed by atoms with Gasteiger partial charge in [0.1, 0.15) is 0 Å². The summed E-state index contributed by atoms with van der Waals surface area (Å²) in [7, 11) is 1.57. The average Bonchev–Trinajstić information content (AvgIpc) is 3.05. The van der Waals surface area contributed by atoms with Crippen LogP contribution in [0.3, 0.4) is 0 Å². The topological polar surface area (TPSA) is 66.9 Å². The number of anilines is 1. The van der Waals surface area contributed by atoms with E-state index in [2.05, 4.69) is 50.2 Å². The third-order valence-corrected chi connectivity index (χ3v) is 6.04. The maximum Gasteiger partial charge on any atom is 0.288 e. The molecule has 2 N–H and O–H groups in total. The summed E-state index contributed by atoms with van der Waals surface area (Å²) in [6.45, 7) is 0.858. The molecule has 1 fully saturated rings. The van der Waals surface area contributed by atoms with Crippen molar-refractivity contribution < 1.29 is 4.79 Å². The predicted molar refractivity (Wildman–Crippen MR) is 101 cm³/mol. The van der Waals surface area contributed by atoms with Crippen LogP contribution in [0.2, 0.25) is 0 Å². The minimum atomic E-state index is -0.272. The Labute approximate surface area is 150 Å². The fraction of sp³-hybridized carbons (Fsp3) is 0.316. The normalized spacial score (nSPS) is 15.6. The number of fused-ring (bicyclic) bond motifs is 1. The minimum Gasteiger partial charge on any atom is -0.382 e. The van der Waals surface area contributed by atoms with Crippen LogP contribution >= 0.6 is 11.3 Å². The van der Waals surface area contributed by atoms with Crippen LogP contribution in [0.5, 0.6) is 0 Å². The monoisotopic (exact) mass is 352 g/mol. The van der Waals surface area contributed by atoms with Crippen LogP contribution in [-0.4, -0.2) is 29.5 Å². The molecule has 6 heteroatoms. The van der Waals surface area contributed by atoms with Crippen LogP contribution in [-0.2, 0) is 5.41 Å². The number of carbonyl (C=O) groups is 1. The molecule has 0 spiro atoms. The Kier molecular flexibility index (Phi) is 4.13. The van der Waals surface area contributed by atoms with E-state index in [1.165, 1.54) is 34.9 Å². The van der Waals surface area contributed by atoms with Crippen molar-refractivity contribution in [1.82, 2.24) is 15.3 Å². The quantitative estimate of drug-likeness (QED) is 0.736. The van der Waals surface area contributed by atoms with Crippen molar-refractivity contribution in [3.05, 3.63) is 53.4 Å². The fourth-order valence-electron chi connectivity index (χ4n) is 3.45. The van der Waals surface area contributed by atoms with Crippen molar-refractivity contribution in [3.63, 3.8) is 0 Å². The Morgan fingerprint density at radius 3 is 2.68 bits per heavy atom. The van der Waals surface area contributed by atoms with Gasteiger partial charge in [0.25, 0.3) is 5.91 Å². The van der Waals surface area contributed by atoms with Gasteiger partial charge in [-0.3, -0.25) is 4.79 Å². The number of hydrogen-bond donors (Lipinski definition) is 2. The summed E-state index contributed by atoms with van der Waals surface area (Å²) in [5.74, 6) is -0.0815. The number of aromatic nitrogens is 2. The summed E-state index contributed by atoms with van der Waals surface area (Å²) in [4.78, 5) is 19.8. The molecular formula is C19H20N4OS. The van der Waals surface area contributed by atoms with Gasteiger partial charge in [-0.25, -0.2) is 9.97 Å². The fourth-order valence-corrected chi connectivity index (χ4v) is 4.54. The second kappa shape index (κ2) is 6.44. The second-order valence-corrected chi connectivity index (χ2v) is 7.42. The zero-order valence-electron chi connectivity index (χ0n) is 14.1. The largest absolute Gasteiger partial charge is 0.382 e. The SMILES string of the molecule is CNC(=O)c1ncc(NCC2(c3csc4ccccc34)CCC2)cn1. The van der Waals surface area contributed by atoms with E-state index >= 15 is 0 Å². The van der Waals surface area contributed by atoms with E-state index in [9.17, 15) is 4.79 Å². The Morgan fingerprint density at radius 1 is 1.24 bits per heavy atom. The molecule has 0 unspecified atom stereocenters. The van der Waals surface area contributed by atoms with E-state index in [1.807, 2.05) is 11.3 Å². The van der Waals surface area contributed by atoms with Gasteiger partial charge in [-0.15, -0.1) is 11.3 Å². The van der Waals surface area contributed by atoms with E-state index in [-0.39, 0.29) is 17.1 Å². The molecule has 2 aromatic heterocycles. The van der Waals surface area contributed by atoms with Crippen LogP contribution in [0.25, 0.3) is 10.1 Å². The lowest BCUT2D eigenvalue weighted by molar-refractivity contribution is 0.0953. The minimum absolute atomic E-state index is 0.180. The Morgan fingerprint density at radius 2 is 2.00 bits per heavy atom. The maximum atomic E-state index is 11.5. The number of nitrogens with one attached hydrogen (secondary N) is 2. The van der Waals surface area contributed by atoms with Crippen molar-refractivity contribution in [1.29, 1.82) is 0 Å². The molecule has 1 aliphatic carbocycles. The maximum absolute atomic E-state index is 11.5. The predicted octanol–water partition coefficient (Wildman–Crippen LogP) is 3.58. The van der Waals surface area contributed by atoms with Gasteiger partial charge in [-0.05, 0) is 35.2 Å². The zero-order valence-corrected chi connectivity index (χ0v) is 14.9. The van der Waals surface area contributed by atoms with Crippen LogP contribution in [0, 0.1) is 0 Å². The summed E-state index contributed by atoms with van der Waals surface area (Å²) in [6.07, 6.45) is 7.00. The molecule has 2 heterocycles. The summed E-state index contributed by atoms with van der Waals surface area (Å²) < 4.78 is 1.35. The van der Waals surface area contributed by atoms with Crippen molar-refractivity contribution in [3.8, 4) is 0 Å². The number of thiophene rings is 1. The first-order valence-electron chi connectivity index (χ1n) is 8.47. The molecule has 0 radical (unpaired) electrons. The van der Waals surface area contributed by atoms with Gasteiger partial charge in [0.15, 0.2) is 0 Å². The molecule has 1 amide bonds. The molecule has 0 saturated heterocycles. The molecule has 128 valence electrons. The lowest BCUT2D eigenvalue weighted by Crippen LogP contribution is -2.40. The van der Waals surface area contributed by atoms with Crippen molar-refractivity contribution >= 4 is 33.0 Å². The van der Waals surface area contributed by atoms with Gasteiger partial charge >= 0.3 is 0 Å². The first-order chi connectivity index (χ1) is 12.2. The summed E-state index contributed by atoms with van der Waals surface area (Å²) >= 11 is 1.82. The van der Waals surface area contributed by atoms with Gasteiger partial charge in [-0.2, -0.15) is 0 Å². The van der Waals surface area contributed by atoms with Crippen molar-refractivity contribution in [2.45, 2.75) is 24.7 Å². The van der Waals surface area contributed by atoms with Crippen LogP contribution < -0.4 is 10.6 Å². The zero-order chi connectivity index (χ0) is 17.3. The molecule has 4 rings (SSSR count). The first-order valence-corrected chi connectivity index (χ1v) is 9.34. The molecule has 25 heavy (non-hydrogen) atoms. The third-order valence-electron chi connectivity index (χ3n) is 5.08. The molecule has 0 bridgehead atoms. The van der Waals surface area contributed by atoms with Gasteiger partial charge in [0.2, 0.25) is 5.82 Å². The number of hydrogen-bond acceptors (Lipinski definition) is 5. The molecule has 5 nitrogen and oxygen atoms in total. The Balaban J connectivity index is 1.53. The molecule has 1 aromatic carbocycles. The van der Waals surface area contributed by atoms with Gasteiger partial charge < -0.3 is 10.6 Å². The van der Waals surface area contributed by atoms with Gasteiger partial charge in [-0.1, -0.05) is 24.6 Å². The highest BCUT2D eigenvalue weighted by atomic mass is 32.1. The molecular weight excluding hydrogens is 332 g/mol. The highest BCUT2D eigenvalue weighted by Crippen LogP contribution is 2.47. The van der Waals surface area contributed by atoms with Crippen LogP contribution in [0.4, 0.5) is 5.69 Å². The standard InChI is InChI=1S/C19H20N4OS/c1-20-18(24)17-21-9-13(10-22-17)23-12-19(7-4-8-19)15-11-25-16-6-3-2-5-14(15)16/h2-3,5-6,9-11,23H,4,7-8,12H2,1H3,(H,20,24). The molecule has 1 aliphatic rings. The van der Waals surface area contributed by atoms with Crippen molar-refractivity contribution in [2.75, 3.05) is 18.9 Å². The van der Waals surface area contributed by atoms with Crippen molar-refractivity contribution in [2.24, 2.45) is 0 Å². The molecule has 0 atom stereocenters. The summed E-state index contributed by atoms with van der Waals surface area (Å²) in [5.41, 5.74) is 2.48. The van der Waals surface area contributed by atoms with E-state index in [0.717, 1.165) is 12.2 Å². The number of amides is 1. The van der Waals surface area contributed by atoms with E-state index in [0.29, 0.717) is 0 Å². The summed E-state index contributed by atoms with van der Waals surface area (Å²) in [6, 6.07) is 8.63. The smallest absolute Gasteiger partial charge is 0.288 e. The molecule has 3 aromatic rings.